The molecule has 0 atom stereocenters. The highest BCUT2D eigenvalue weighted by atomic mass is 16.4. The van der Waals surface area contributed by atoms with Crippen LogP contribution >= 0.6 is 0 Å². The second kappa shape index (κ2) is 10.7. The molecule has 2 nitrogen and oxygen atoms in total. The van der Waals surface area contributed by atoms with Gasteiger partial charge in [-0.3, -0.25) is 0 Å². The third kappa shape index (κ3) is 18.0. The Morgan fingerprint density at radius 1 is 1.54 bits per heavy atom. The summed E-state index contributed by atoms with van der Waals surface area (Å²) in [5, 5.41) is 7.89. The van der Waals surface area contributed by atoms with E-state index in [-0.39, 0.29) is 5.57 Å². The van der Waals surface area contributed by atoms with Crippen LogP contribution in [-0.4, -0.2) is 11.1 Å². The molecule has 13 heavy (non-hydrogen) atoms. The number of allylic oxidation sites excluding steroid dienone is 3. The van der Waals surface area contributed by atoms with Crippen molar-refractivity contribution in [3.8, 4) is 0 Å². The highest BCUT2D eigenvalue weighted by molar-refractivity contribution is 5.84. The first-order valence-corrected chi connectivity index (χ1v) is 4.22. The standard InChI is InChI=1S/C7H12.C4H6O2/c1-3-5-7-6-4-2;1-3(2)4(5)6/h3,5,7H,1,4,6H2,2H3;1H2,2H3,(H,5,6). The number of unbranched alkanes of at least 4 members (excludes halogenated alkanes) is 1. The first-order chi connectivity index (χ1) is 6.06. The van der Waals surface area contributed by atoms with E-state index in [1.165, 1.54) is 19.8 Å². The van der Waals surface area contributed by atoms with E-state index in [1.54, 1.807) is 6.08 Å². The molecule has 0 amide bonds. The van der Waals surface area contributed by atoms with Crippen LogP contribution in [0.3, 0.4) is 0 Å². The highest BCUT2D eigenvalue weighted by Crippen LogP contribution is 1.86. The fourth-order valence-corrected chi connectivity index (χ4v) is 0.359. The van der Waals surface area contributed by atoms with E-state index in [0.29, 0.717) is 0 Å². The molecule has 0 unspecified atom stereocenters. The quantitative estimate of drug-likeness (QED) is 0.535. The molecule has 0 fully saturated rings. The van der Waals surface area contributed by atoms with Gasteiger partial charge in [-0.05, 0) is 13.3 Å². The maximum absolute atomic E-state index is 9.60. The maximum atomic E-state index is 9.60. The molecule has 0 aliphatic rings. The van der Waals surface area contributed by atoms with Gasteiger partial charge in [0.25, 0.3) is 0 Å². The van der Waals surface area contributed by atoms with E-state index >= 15 is 0 Å². The first kappa shape index (κ1) is 14.2. The predicted octanol–water partition coefficient (Wildman–Crippen LogP) is 3.18. The Hall–Kier alpha value is -1.31. The van der Waals surface area contributed by atoms with E-state index in [0.717, 1.165) is 0 Å². The minimum Gasteiger partial charge on any atom is -0.478 e. The van der Waals surface area contributed by atoms with Gasteiger partial charge in [0, 0.05) is 5.57 Å². The van der Waals surface area contributed by atoms with E-state index < -0.39 is 5.97 Å². The van der Waals surface area contributed by atoms with Crippen LogP contribution in [0.25, 0.3) is 0 Å². The summed E-state index contributed by atoms with van der Waals surface area (Å²) in [7, 11) is 0. The van der Waals surface area contributed by atoms with Gasteiger partial charge in [-0.1, -0.05) is 44.7 Å². The lowest BCUT2D eigenvalue weighted by atomic mass is 10.3. The Labute approximate surface area is 80.3 Å². The van der Waals surface area contributed by atoms with Gasteiger partial charge < -0.3 is 5.11 Å². The summed E-state index contributed by atoms with van der Waals surface area (Å²) in [6.07, 6.45) is 8.29. The molecule has 0 rings (SSSR count). The lowest BCUT2D eigenvalue weighted by molar-refractivity contribution is -0.132. The summed E-state index contributed by atoms with van der Waals surface area (Å²) < 4.78 is 0. The van der Waals surface area contributed by atoms with Gasteiger partial charge >= 0.3 is 5.97 Å². The number of aliphatic carboxylic acids is 1. The summed E-state index contributed by atoms with van der Waals surface area (Å²) >= 11 is 0. The normalized spacial score (nSPS) is 8.77. The minimum atomic E-state index is -0.935. The SMILES string of the molecule is C=C(C)C(=O)O.C=CC=CCCC. The van der Waals surface area contributed by atoms with E-state index in [4.69, 9.17) is 5.11 Å². The van der Waals surface area contributed by atoms with Crippen LogP contribution in [0.4, 0.5) is 0 Å². The van der Waals surface area contributed by atoms with Crippen molar-refractivity contribution in [2.24, 2.45) is 0 Å². The van der Waals surface area contributed by atoms with Gasteiger partial charge in [0.1, 0.15) is 0 Å². The van der Waals surface area contributed by atoms with Crippen LogP contribution in [0.2, 0.25) is 0 Å². The molecule has 0 radical (unpaired) electrons. The Bertz CT molecular complexity index is 178. The van der Waals surface area contributed by atoms with Gasteiger partial charge in [-0.25, -0.2) is 4.79 Å². The Morgan fingerprint density at radius 2 is 2.00 bits per heavy atom. The Balaban J connectivity index is 0. The third-order valence-corrected chi connectivity index (χ3v) is 1.09. The van der Waals surface area contributed by atoms with Crippen molar-refractivity contribution in [2.75, 3.05) is 0 Å². The lowest BCUT2D eigenvalue weighted by Gasteiger charge is -1.79. The molecule has 0 aliphatic carbocycles. The fraction of sp³-hybridized carbons (Fsp3) is 0.364. The topological polar surface area (TPSA) is 37.3 Å². The molecular formula is C11H18O2. The third-order valence-electron chi connectivity index (χ3n) is 1.09. The molecule has 74 valence electrons. The van der Waals surface area contributed by atoms with E-state index in [1.807, 2.05) is 6.08 Å². The number of rotatable bonds is 4. The number of carboxylic acids is 1. The predicted molar refractivity (Wildman–Crippen MR) is 56.7 cm³/mol. The van der Waals surface area contributed by atoms with Crippen LogP contribution in [-0.2, 0) is 4.79 Å². The van der Waals surface area contributed by atoms with Gasteiger partial charge in [0.2, 0.25) is 0 Å². The molecule has 1 N–H and O–H groups in total. The molecule has 0 heterocycles. The zero-order chi connectivity index (χ0) is 10.7. The largest absolute Gasteiger partial charge is 0.478 e. The zero-order valence-electron chi connectivity index (χ0n) is 8.42. The smallest absolute Gasteiger partial charge is 0.330 e. The van der Waals surface area contributed by atoms with Crippen LogP contribution in [0.15, 0.2) is 37.0 Å². The molecule has 0 aromatic rings. The monoisotopic (exact) mass is 182 g/mol. The minimum absolute atomic E-state index is 0.176. The summed E-state index contributed by atoms with van der Waals surface area (Å²) in [6.45, 7) is 10.3. The van der Waals surface area contributed by atoms with Crippen molar-refractivity contribution in [1.82, 2.24) is 0 Å². The Morgan fingerprint density at radius 3 is 2.23 bits per heavy atom. The molecule has 0 spiro atoms. The van der Waals surface area contributed by atoms with Crippen molar-refractivity contribution >= 4 is 5.97 Å². The molecule has 0 aliphatic heterocycles. The average Bonchev–Trinajstić information content (AvgIpc) is 2.06. The molecule has 0 aromatic carbocycles. The van der Waals surface area contributed by atoms with Gasteiger partial charge in [-0.15, -0.1) is 0 Å². The van der Waals surface area contributed by atoms with Gasteiger partial charge in [-0.2, -0.15) is 0 Å². The second-order valence-electron chi connectivity index (χ2n) is 2.54. The molecule has 0 saturated heterocycles. The van der Waals surface area contributed by atoms with Crippen LogP contribution in [0.1, 0.15) is 26.7 Å². The van der Waals surface area contributed by atoms with Crippen molar-refractivity contribution in [1.29, 1.82) is 0 Å². The zero-order valence-corrected chi connectivity index (χ0v) is 8.42. The fourth-order valence-electron chi connectivity index (χ4n) is 0.359. The summed E-state index contributed by atoms with van der Waals surface area (Å²) in [4.78, 5) is 9.60. The maximum Gasteiger partial charge on any atom is 0.330 e. The summed E-state index contributed by atoms with van der Waals surface area (Å²) in [5.74, 6) is -0.935. The van der Waals surface area contributed by atoms with Crippen LogP contribution < -0.4 is 0 Å². The average molecular weight is 182 g/mol. The van der Waals surface area contributed by atoms with Crippen molar-refractivity contribution in [3.05, 3.63) is 37.0 Å². The van der Waals surface area contributed by atoms with E-state index in [2.05, 4.69) is 26.2 Å². The molecular weight excluding hydrogens is 164 g/mol. The highest BCUT2D eigenvalue weighted by Gasteiger charge is 1.90. The number of hydrogen-bond acceptors (Lipinski definition) is 1. The van der Waals surface area contributed by atoms with Crippen LogP contribution in [0, 0.1) is 0 Å². The number of carboxylic acid groups (broad SMARTS) is 1. The number of hydrogen-bond donors (Lipinski definition) is 1. The van der Waals surface area contributed by atoms with Gasteiger partial charge in [0.15, 0.2) is 0 Å². The molecule has 0 saturated carbocycles. The van der Waals surface area contributed by atoms with Crippen molar-refractivity contribution in [3.63, 3.8) is 0 Å². The van der Waals surface area contributed by atoms with Crippen molar-refractivity contribution in [2.45, 2.75) is 26.7 Å². The molecule has 0 aromatic heterocycles. The molecule has 0 bridgehead atoms. The number of carbonyl (C=O) groups is 1. The molecule has 2 heteroatoms. The summed E-state index contributed by atoms with van der Waals surface area (Å²) in [5.41, 5.74) is 0.176. The Kier molecular flexibility index (Phi) is 11.7. The first-order valence-electron chi connectivity index (χ1n) is 4.22. The second-order valence-corrected chi connectivity index (χ2v) is 2.54. The lowest BCUT2D eigenvalue weighted by Crippen LogP contribution is -1.92. The van der Waals surface area contributed by atoms with Gasteiger partial charge in [0.05, 0.1) is 0 Å². The summed E-state index contributed by atoms with van der Waals surface area (Å²) in [6, 6.07) is 0. The van der Waals surface area contributed by atoms with Crippen molar-refractivity contribution < 1.29 is 9.90 Å². The van der Waals surface area contributed by atoms with E-state index in [9.17, 15) is 4.79 Å². The van der Waals surface area contributed by atoms with Crippen LogP contribution in [0.5, 0.6) is 0 Å².